The van der Waals surface area contributed by atoms with Crippen LogP contribution in [0.25, 0.3) is 0 Å². The molecule has 2 N–H and O–H groups in total. The molecule has 3 atom stereocenters. The van der Waals surface area contributed by atoms with Crippen LogP contribution in [0.5, 0.6) is 0 Å². The quantitative estimate of drug-likeness (QED) is 0.690. The number of likely N-dealkylation sites (tertiary alicyclic amines) is 1. The second-order valence-corrected chi connectivity index (χ2v) is 8.33. The molecule has 0 spiro atoms. The Balaban J connectivity index is 1.32. The van der Waals surface area contributed by atoms with E-state index in [0.29, 0.717) is 32.5 Å². The monoisotopic (exact) mass is 422 g/mol. The van der Waals surface area contributed by atoms with Gasteiger partial charge in [0.15, 0.2) is 0 Å². The number of hydrogen-bond donors (Lipinski definition) is 2. The first-order chi connectivity index (χ1) is 15.1. The molecule has 0 aliphatic carbocycles. The van der Waals surface area contributed by atoms with E-state index in [0.717, 1.165) is 24.2 Å². The highest BCUT2D eigenvalue weighted by Crippen LogP contribution is 2.28. The van der Waals surface area contributed by atoms with Crippen LogP contribution >= 0.6 is 0 Å². The molecule has 0 saturated carbocycles. The van der Waals surface area contributed by atoms with Crippen molar-refractivity contribution in [2.45, 2.75) is 50.5 Å². The smallest absolute Gasteiger partial charge is 0.239 e. The largest absolute Gasteiger partial charge is 0.353 e. The molecule has 31 heavy (non-hydrogen) atoms. The molecule has 8 nitrogen and oxygen atoms in total. The van der Waals surface area contributed by atoms with Gasteiger partial charge in [-0.1, -0.05) is 12.1 Å². The third kappa shape index (κ3) is 5.26. The van der Waals surface area contributed by atoms with Gasteiger partial charge in [0.1, 0.15) is 6.04 Å². The molecule has 2 aliphatic heterocycles. The first-order valence-electron chi connectivity index (χ1n) is 10.9. The SMILES string of the molecule is CN1C(CCC(=O)NCc2cccnc2)CNC(=O)C2C1CCN2Cc1ccccn1. The number of rotatable bonds is 7. The van der Waals surface area contributed by atoms with Gasteiger partial charge in [0, 0.05) is 63.3 Å². The summed E-state index contributed by atoms with van der Waals surface area (Å²) in [7, 11) is 2.08. The maximum atomic E-state index is 12.9. The van der Waals surface area contributed by atoms with Crippen molar-refractivity contribution in [3.8, 4) is 0 Å². The van der Waals surface area contributed by atoms with Crippen LogP contribution < -0.4 is 10.6 Å². The van der Waals surface area contributed by atoms with Gasteiger partial charge in [-0.05, 0) is 43.7 Å². The van der Waals surface area contributed by atoms with Crippen LogP contribution in [-0.4, -0.2) is 69.8 Å². The van der Waals surface area contributed by atoms with Gasteiger partial charge in [-0.25, -0.2) is 0 Å². The lowest BCUT2D eigenvalue weighted by Crippen LogP contribution is -2.49. The normalized spacial score (nSPS) is 24.3. The number of likely N-dealkylation sites (N-methyl/N-ethyl adjacent to an activating group) is 1. The van der Waals surface area contributed by atoms with Crippen molar-refractivity contribution in [2.24, 2.45) is 0 Å². The van der Waals surface area contributed by atoms with E-state index in [1.165, 1.54) is 0 Å². The fourth-order valence-electron chi connectivity index (χ4n) is 4.62. The first kappa shape index (κ1) is 21.4. The lowest BCUT2D eigenvalue weighted by molar-refractivity contribution is -0.126. The van der Waals surface area contributed by atoms with Crippen LogP contribution in [0.1, 0.15) is 30.5 Å². The molecule has 2 saturated heterocycles. The van der Waals surface area contributed by atoms with Gasteiger partial charge in [0.25, 0.3) is 0 Å². The zero-order valence-corrected chi connectivity index (χ0v) is 17.9. The number of nitrogens with zero attached hydrogens (tertiary/aromatic N) is 4. The van der Waals surface area contributed by atoms with Gasteiger partial charge in [-0.2, -0.15) is 0 Å². The zero-order chi connectivity index (χ0) is 21.6. The number of nitrogens with one attached hydrogen (secondary N) is 2. The maximum absolute atomic E-state index is 12.9. The standard InChI is InChI=1S/C23H30N6O2/c1-28-19(7-8-21(30)26-14-17-5-4-10-24-13-17)15-27-23(31)22-20(28)9-12-29(22)16-18-6-2-3-11-25-18/h2-6,10-11,13,19-20,22H,7-9,12,14-16H2,1H3,(H,26,30)(H,27,31). The van der Waals surface area contributed by atoms with Crippen molar-refractivity contribution in [3.05, 3.63) is 60.2 Å². The summed E-state index contributed by atoms with van der Waals surface area (Å²) in [6.07, 6.45) is 7.34. The summed E-state index contributed by atoms with van der Waals surface area (Å²) in [5.74, 6) is 0.0985. The van der Waals surface area contributed by atoms with Crippen molar-refractivity contribution >= 4 is 11.8 Å². The van der Waals surface area contributed by atoms with Gasteiger partial charge in [0.2, 0.25) is 11.8 Å². The van der Waals surface area contributed by atoms with Crippen LogP contribution in [0.15, 0.2) is 48.9 Å². The van der Waals surface area contributed by atoms with Crippen LogP contribution in [0, 0.1) is 0 Å². The number of carbonyl (C=O) groups is 2. The zero-order valence-electron chi connectivity index (χ0n) is 17.9. The van der Waals surface area contributed by atoms with E-state index in [2.05, 4.69) is 37.4 Å². The highest BCUT2D eigenvalue weighted by Gasteiger charge is 2.44. The summed E-state index contributed by atoms with van der Waals surface area (Å²) in [4.78, 5) is 38.3. The molecule has 2 amide bonds. The summed E-state index contributed by atoms with van der Waals surface area (Å²) in [6.45, 7) is 2.58. The Morgan fingerprint density at radius 1 is 1.26 bits per heavy atom. The van der Waals surface area contributed by atoms with Crippen molar-refractivity contribution in [1.82, 2.24) is 30.4 Å². The minimum Gasteiger partial charge on any atom is -0.353 e. The van der Waals surface area contributed by atoms with Crippen LogP contribution in [0.3, 0.4) is 0 Å². The molecule has 2 fully saturated rings. The molecule has 2 aromatic heterocycles. The predicted octanol–water partition coefficient (Wildman–Crippen LogP) is 0.946. The average molecular weight is 423 g/mol. The second-order valence-electron chi connectivity index (χ2n) is 8.33. The Morgan fingerprint density at radius 3 is 2.94 bits per heavy atom. The fourth-order valence-corrected chi connectivity index (χ4v) is 4.62. The Hall–Kier alpha value is -2.84. The Labute approximate surface area is 183 Å². The number of hydrogen-bond acceptors (Lipinski definition) is 6. The van der Waals surface area contributed by atoms with Crippen LogP contribution in [-0.2, 0) is 22.7 Å². The summed E-state index contributed by atoms with van der Waals surface area (Å²) < 4.78 is 0. The Bertz CT molecular complexity index is 878. The molecule has 3 unspecified atom stereocenters. The summed E-state index contributed by atoms with van der Waals surface area (Å²) in [5, 5.41) is 6.07. The number of amides is 2. The lowest BCUT2D eigenvalue weighted by Gasteiger charge is -2.33. The molecule has 0 aromatic carbocycles. The molecular formula is C23H30N6O2. The van der Waals surface area contributed by atoms with Gasteiger partial charge >= 0.3 is 0 Å². The van der Waals surface area contributed by atoms with Crippen molar-refractivity contribution in [2.75, 3.05) is 20.1 Å². The molecule has 4 heterocycles. The van der Waals surface area contributed by atoms with Crippen molar-refractivity contribution in [1.29, 1.82) is 0 Å². The van der Waals surface area contributed by atoms with Gasteiger partial charge < -0.3 is 10.6 Å². The van der Waals surface area contributed by atoms with Gasteiger partial charge in [-0.3, -0.25) is 29.4 Å². The van der Waals surface area contributed by atoms with Crippen LogP contribution in [0.2, 0.25) is 0 Å². The molecular weight excluding hydrogens is 392 g/mol. The Kier molecular flexibility index (Phi) is 6.89. The minimum atomic E-state index is -0.184. The van der Waals surface area contributed by atoms with Crippen molar-refractivity contribution < 1.29 is 9.59 Å². The van der Waals surface area contributed by atoms with Crippen molar-refractivity contribution in [3.63, 3.8) is 0 Å². The predicted molar refractivity (Wildman–Crippen MR) is 117 cm³/mol. The highest BCUT2D eigenvalue weighted by atomic mass is 16.2. The summed E-state index contributed by atoms with van der Waals surface area (Å²) in [5.41, 5.74) is 1.96. The number of carbonyl (C=O) groups excluding carboxylic acids is 2. The maximum Gasteiger partial charge on any atom is 0.239 e. The number of aromatic nitrogens is 2. The van der Waals surface area contributed by atoms with E-state index in [-0.39, 0.29) is 29.9 Å². The van der Waals surface area contributed by atoms with Crippen LogP contribution in [0.4, 0.5) is 0 Å². The number of pyridine rings is 2. The average Bonchev–Trinajstić information content (AvgIpc) is 3.17. The molecule has 2 aromatic rings. The molecule has 0 radical (unpaired) electrons. The van der Waals surface area contributed by atoms with E-state index in [4.69, 9.17) is 0 Å². The van der Waals surface area contributed by atoms with E-state index < -0.39 is 0 Å². The third-order valence-electron chi connectivity index (χ3n) is 6.36. The highest BCUT2D eigenvalue weighted by molar-refractivity contribution is 5.83. The lowest BCUT2D eigenvalue weighted by atomic mass is 10.0. The van der Waals surface area contributed by atoms with Gasteiger partial charge in [0.05, 0.1) is 5.69 Å². The summed E-state index contributed by atoms with van der Waals surface area (Å²) >= 11 is 0. The first-order valence-corrected chi connectivity index (χ1v) is 10.9. The molecule has 4 rings (SSSR count). The topological polar surface area (TPSA) is 90.5 Å². The fraction of sp³-hybridized carbons (Fsp3) is 0.478. The summed E-state index contributed by atoms with van der Waals surface area (Å²) in [6, 6.07) is 9.78. The van der Waals surface area contributed by atoms with E-state index in [1.54, 1.807) is 18.6 Å². The molecule has 0 bridgehead atoms. The second kappa shape index (κ2) is 9.98. The molecule has 164 valence electrons. The molecule has 8 heteroatoms. The Morgan fingerprint density at radius 2 is 2.16 bits per heavy atom. The van der Waals surface area contributed by atoms with E-state index in [9.17, 15) is 9.59 Å². The minimum absolute atomic E-state index is 0.0209. The van der Waals surface area contributed by atoms with E-state index >= 15 is 0 Å². The number of fused-ring (bicyclic) bond motifs is 1. The van der Waals surface area contributed by atoms with Gasteiger partial charge in [-0.15, -0.1) is 0 Å². The third-order valence-corrected chi connectivity index (χ3v) is 6.36. The molecule has 2 aliphatic rings. The van der Waals surface area contributed by atoms with E-state index in [1.807, 2.05) is 30.3 Å².